The Bertz CT molecular complexity index is 805. The van der Waals surface area contributed by atoms with Gasteiger partial charge in [-0.3, -0.25) is 4.79 Å². The average Bonchev–Trinajstić information content (AvgIpc) is 3.04. The molecule has 1 amide bonds. The number of carbonyl (C=O) groups is 1. The summed E-state index contributed by atoms with van der Waals surface area (Å²) in [6, 6.07) is 11.0. The van der Waals surface area contributed by atoms with Gasteiger partial charge in [0, 0.05) is 10.0 Å². The summed E-state index contributed by atoms with van der Waals surface area (Å²) in [5, 5.41) is 13.3. The molecule has 0 unspecified atom stereocenters. The fraction of sp³-hybridized carbons (Fsp3) is 0. The number of halogens is 2. The highest BCUT2D eigenvalue weighted by atomic mass is 79.9. The maximum Gasteiger partial charge on any atom is 0.255 e. The van der Waals surface area contributed by atoms with Crippen molar-refractivity contribution in [3.05, 3.63) is 64.6 Å². The van der Waals surface area contributed by atoms with E-state index < -0.39 is 11.7 Å². The number of carbonyl (C=O) groups excluding carboxylic acids is 1. The summed E-state index contributed by atoms with van der Waals surface area (Å²) in [4.78, 5) is 12.1. The van der Waals surface area contributed by atoms with Crippen LogP contribution >= 0.6 is 15.9 Å². The molecule has 8 heteroatoms. The molecule has 3 rings (SSSR count). The molecule has 0 fully saturated rings. The molecule has 1 heterocycles. The number of hydrogen-bond donors (Lipinski definition) is 1. The maximum absolute atomic E-state index is 13.9. The van der Waals surface area contributed by atoms with Crippen LogP contribution in [-0.4, -0.2) is 26.1 Å². The van der Waals surface area contributed by atoms with Crippen LogP contribution in [0, 0.1) is 5.82 Å². The minimum atomic E-state index is -0.540. The lowest BCUT2D eigenvalue weighted by molar-refractivity contribution is 0.102. The Hall–Kier alpha value is -2.61. The van der Waals surface area contributed by atoms with Gasteiger partial charge in [0.2, 0.25) is 0 Å². The number of amides is 1. The van der Waals surface area contributed by atoms with Crippen LogP contribution in [0.5, 0.6) is 0 Å². The van der Waals surface area contributed by atoms with Crippen molar-refractivity contribution in [3.8, 4) is 5.69 Å². The van der Waals surface area contributed by atoms with E-state index in [1.165, 1.54) is 29.2 Å². The van der Waals surface area contributed by atoms with Crippen LogP contribution in [0.15, 0.2) is 53.3 Å². The number of nitrogens with one attached hydrogen (secondary N) is 1. The molecule has 0 aliphatic carbocycles. The molecule has 0 atom stereocenters. The van der Waals surface area contributed by atoms with Crippen molar-refractivity contribution < 1.29 is 9.18 Å². The largest absolute Gasteiger partial charge is 0.319 e. The Kier molecular flexibility index (Phi) is 3.92. The van der Waals surface area contributed by atoms with E-state index in [1.807, 2.05) is 0 Å². The summed E-state index contributed by atoms with van der Waals surface area (Å²) in [6.45, 7) is 0. The maximum atomic E-state index is 13.9. The average molecular weight is 362 g/mol. The second kappa shape index (κ2) is 6.02. The Balaban J connectivity index is 1.87. The van der Waals surface area contributed by atoms with E-state index in [0.29, 0.717) is 11.3 Å². The first-order valence-corrected chi connectivity index (χ1v) is 7.02. The van der Waals surface area contributed by atoms with Gasteiger partial charge in [-0.05, 0) is 52.9 Å². The van der Waals surface area contributed by atoms with Crippen LogP contribution in [0.1, 0.15) is 10.4 Å². The fourth-order valence-electron chi connectivity index (χ4n) is 1.83. The third-order valence-corrected chi connectivity index (χ3v) is 3.45. The number of nitrogens with zero attached hydrogens (tertiary/aromatic N) is 4. The molecule has 1 N–H and O–H groups in total. The van der Waals surface area contributed by atoms with E-state index in [9.17, 15) is 9.18 Å². The smallest absolute Gasteiger partial charge is 0.255 e. The number of rotatable bonds is 3. The molecular weight excluding hydrogens is 353 g/mol. The van der Waals surface area contributed by atoms with Gasteiger partial charge in [-0.25, -0.2) is 9.07 Å². The molecule has 110 valence electrons. The van der Waals surface area contributed by atoms with Crippen LogP contribution < -0.4 is 5.32 Å². The molecule has 0 bridgehead atoms. The second-order valence-electron chi connectivity index (χ2n) is 4.38. The minimum absolute atomic E-state index is 0.0564. The first kappa shape index (κ1) is 14.3. The molecule has 3 aromatic rings. The van der Waals surface area contributed by atoms with Gasteiger partial charge in [0.1, 0.15) is 12.1 Å². The predicted molar refractivity (Wildman–Crippen MR) is 81.2 cm³/mol. The molecule has 1 aromatic heterocycles. The number of hydrogen-bond acceptors (Lipinski definition) is 4. The van der Waals surface area contributed by atoms with E-state index in [2.05, 4.69) is 36.8 Å². The van der Waals surface area contributed by atoms with E-state index in [-0.39, 0.29) is 5.69 Å². The van der Waals surface area contributed by atoms with Crippen molar-refractivity contribution in [3.63, 3.8) is 0 Å². The molecule has 2 aromatic carbocycles. The summed E-state index contributed by atoms with van der Waals surface area (Å²) in [5.74, 6) is -0.942. The van der Waals surface area contributed by atoms with Crippen molar-refractivity contribution in [2.24, 2.45) is 0 Å². The molecule has 22 heavy (non-hydrogen) atoms. The van der Waals surface area contributed by atoms with Crippen molar-refractivity contribution >= 4 is 27.5 Å². The third kappa shape index (κ3) is 3.01. The summed E-state index contributed by atoms with van der Waals surface area (Å²) in [6.07, 6.45) is 1.38. The van der Waals surface area contributed by atoms with E-state index in [4.69, 9.17) is 0 Å². The van der Waals surface area contributed by atoms with E-state index in [0.717, 1.165) is 4.47 Å². The zero-order chi connectivity index (χ0) is 15.5. The number of tetrazole rings is 1. The van der Waals surface area contributed by atoms with Gasteiger partial charge in [0.15, 0.2) is 0 Å². The van der Waals surface area contributed by atoms with Crippen LogP contribution in [0.4, 0.5) is 10.1 Å². The molecular formula is C14H9BrFN5O. The van der Waals surface area contributed by atoms with Gasteiger partial charge in [-0.15, -0.1) is 5.10 Å². The monoisotopic (exact) mass is 361 g/mol. The van der Waals surface area contributed by atoms with Crippen molar-refractivity contribution in [2.45, 2.75) is 0 Å². The summed E-state index contributed by atoms with van der Waals surface area (Å²) >= 11 is 3.29. The van der Waals surface area contributed by atoms with E-state index in [1.54, 1.807) is 24.3 Å². The third-order valence-electron chi connectivity index (χ3n) is 2.92. The lowest BCUT2D eigenvalue weighted by atomic mass is 10.2. The van der Waals surface area contributed by atoms with Crippen molar-refractivity contribution in [1.82, 2.24) is 20.2 Å². The normalized spacial score (nSPS) is 10.5. The number of anilines is 1. The fourth-order valence-corrected chi connectivity index (χ4v) is 2.09. The van der Waals surface area contributed by atoms with Crippen molar-refractivity contribution in [2.75, 3.05) is 5.32 Å². The molecule has 6 nitrogen and oxygen atoms in total. The summed E-state index contributed by atoms with van der Waals surface area (Å²) in [5.41, 5.74) is 1.02. The topological polar surface area (TPSA) is 72.7 Å². The molecule has 0 saturated carbocycles. The first-order chi connectivity index (χ1) is 10.6. The van der Waals surface area contributed by atoms with Gasteiger partial charge < -0.3 is 5.32 Å². The highest BCUT2D eigenvalue weighted by Gasteiger charge is 2.11. The standard InChI is InChI=1S/C14H9BrFN5O/c15-10-3-1-9(2-4-10)14(22)18-13-7-11(5-6-12(13)16)21-8-17-19-20-21/h1-8H,(H,18,22). The Morgan fingerprint density at radius 2 is 1.95 bits per heavy atom. The van der Waals surface area contributed by atoms with Crippen LogP contribution in [0.3, 0.4) is 0 Å². The van der Waals surface area contributed by atoms with Crippen molar-refractivity contribution in [1.29, 1.82) is 0 Å². The van der Waals surface area contributed by atoms with E-state index >= 15 is 0 Å². The van der Waals surface area contributed by atoms with Crippen LogP contribution in [0.25, 0.3) is 5.69 Å². The number of benzene rings is 2. The Morgan fingerprint density at radius 3 is 2.64 bits per heavy atom. The van der Waals surface area contributed by atoms with Crippen LogP contribution in [0.2, 0.25) is 0 Å². The van der Waals surface area contributed by atoms with Gasteiger partial charge in [0.05, 0.1) is 11.4 Å². The quantitative estimate of drug-likeness (QED) is 0.778. The SMILES string of the molecule is O=C(Nc1cc(-n2cnnn2)ccc1F)c1ccc(Br)cc1. The summed E-state index contributed by atoms with van der Waals surface area (Å²) in [7, 11) is 0. The first-order valence-electron chi connectivity index (χ1n) is 6.23. The van der Waals surface area contributed by atoms with Gasteiger partial charge in [-0.2, -0.15) is 0 Å². The minimum Gasteiger partial charge on any atom is -0.319 e. The lowest BCUT2D eigenvalue weighted by Gasteiger charge is -2.08. The van der Waals surface area contributed by atoms with Gasteiger partial charge in [0.25, 0.3) is 5.91 Å². The number of aromatic nitrogens is 4. The second-order valence-corrected chi connectivity index (χ2v) is 5.30. The van der Waals surface area contributed by atoms with Gasteiger partial charge in [-0.1, -0.05) is 15.9 Å². The lowest BCUT2D eigenvalue weighted by Crippen LogP contribution is -2.13. The zero-order valence-corrected chi connectivity index (χ0v) is 12.7. The summed E-state index contributed by atoms with van der Waals surface area (Å²) < 4.78 is 16.1. The predicted octanol–water partition coefficient (Wildman–Crippen LogP) is 2.82. The molecule has 0 radical (unpaired) electrons. The molecule has 0 saturated heterocycles. The molecule has 0 spiro atoms. The highest BCUT2D eigenvalue weighted by Crippen LogP contribution is 2.19. The Labute approximate surface area is 133 Å². The Morgan fingerprint density at radius 1 is 1.18 bits per heavy atom. The molecule has 0 aliphatic heterocycles. The van der Waals surface area contributed by atoms with Crippen LogP contribution in [-0.2, 0) is 0 Å². The zero-order valence-electron chi connectivity index (χ0n) is 11.1. The highest BCUT2D eigenvalue weighted by molar-refractivity contribution is 9.10. The van der Waals surface area contributed by atoms with Gasteiger partial charge >= 0.3 is 0 Å². The molecule has 0 aliphatic rings.